The lowest BCUT2D eigenvalue weighted by atomic mass is 10.1. The second-order valence-electron chi connectivity index (χ2n) is 3.65. The fourth-order valence-corrected chi connectivity index (χ4v) is 1.85. The zero-order chi connectivity index (χ0) is 14.3. The van der Waals surface area contributed by atoms with Crippen molar-refractivity contribution in [2.45, 2.75) is 20.0 Å². The fraction of sp³-hybridized carbons (Fsp3) is 0.308. The Hall–Kier alpha value is -1.84. The summed E-state index contributed by atoms with van der Waals surface area (Å²) >= 11 is 1.20. The summed E-state index contributed by atoms with van der Waals surface area (Å²) in [6.45, 7) is 1.12. The maximum Gasteiger partial charge on any atom is 0.276 e. The van der Waals surface area contributed by atoms with Gasteiger partial charge < -0.3 is 5.11 Å². The molecule has 0 aliphatic carbocycles. The molecule has 0 aliphatic heterocycles. The van der Waals surface area contributed by atoms with Crippen LogP contribution in [0.2, 0.25) is 0 Å². The summed E-state index contributed by atoms with van der Waals surface area (Å²) in [5.74, 6) is 6.27. The third kappa shape index (κ3) is 5.12. The van der Waals surface area contributed by atoms with Crippen LogP contribution >= 0.6 is 11.8 Å². The van der Waals surface area contributed by atoms with Crippen LogP contribution in [0.1, 0.15) is 24.5 Å². The van der Waals surface area contributed by atoms with Crippen LogP contribution in [0.25, 0.3) is 0 Å². The molecule has 0 saturated heterocycles. The number of hydrogen-bond donors (Lipinski definition) is 1. The van der Waals surface area contributed by atoms with Gasteiger partial charge in [0.15, 0.2) is 5.12 Å². The van der Waals surface area contributed by atoms with Crippen LogP contribution < -0.4 is 0 Å². The molecule has 1 aromatic rings. The highest BCUT2D eigenvalue weighted by Crippen LogP contribution is 2.19. The average molecular weight is 279 g/mol. The highest BCUT2D eigenvalue weighted by molar-refractivity contribution is 8.13. The lowest BCUT2D eigenvalue weighted by Gasteiger charge is -1.99. The van der Waals surface area contributed by atoms with E-state index < -0.39 is 4.92 Å². The van der Waals surface area contributed by atoms with E-state index in [0.717, 1.165) is 0 Å². The predicted molar refractivity (Wildman–Crippen MR) is 73.7 cm³/mol. The molecule has 0 spiro atoms. The molecule has 100 valence electrons. The number of nitrogens with zero attached hydrogens (tertiary/aromatic N) is 1. The molecule has 1 rings (SSSR count). The Morgan fingerprint density at radius 1 is 1.53 bits per heavy atom. The van der Waals surface area contributed by atoms with Gasteiger partial charge in [-0.2, -0.15) is 0 Å². The van der Waals surface area contributed by atoms with Crippen molar-refractivity contribution in [2.24, 2.45) is 0 Å². The van der Waals surface area contributed by atoms with Gasteiger partial charge in [-0.15, -0.1) is 0 Å². The molecule has 0 heterocycles. The molecule has 0 radical (unpaired) electrons. The first-order chi connectivity index (χ1) is 9.04. The molecular formula is C13H13NO4S. The van der Waals surface area contributed by atoms with Gasteiger partial charge in [-0.05, 0) is 12.1 Å². The Kier molecular flexibility index (Phi) is 6.06. The number of rotatable bonds is 4. The van der Waals surface area contributed by atoms with Gasteiger partial charge in [0.1, 0.15) is 0 Å². The normalized spacial score (nSPS) is 9.58. The Bertz CT molecular complexity index is 545. The first-order valence-corrected chi connectivity index (χ1v) is 6.53. The second kappa shape index (κ2) is 7.56. The monoisotopic (exact) mass is 279 g/mol. The summed E-state index contributed by atoms with van der Waals surface area (Å²) in [5, 5.41) is 19.8. The largest absolute Gasteiger partial charge is 0.391 e. The smallest absolute Gasteiger partial charge is 0.276 e. The molecule has 5 nitrogen and oxygen atoms in total. The maximum absolute atomic E-state index is 10.8. The van der Waals surface area contributed by atoms with Gasteiger partial charge in [0.25, 0.3) is 5.69 Å². The first kappa shape index (κ1) is 15.2. The summed E-state index contributed by atoms with van der Waals surface area (Å²) in [6, 6.07) is 4.47. The third-order valence-electron chi connectivity index (χ3n) is 2.22. The quantitative estimate of drug-likeness (QED) is 0.395. The van der Waals surface area contributed by atoms with Gasteiger partial charge in [-0.1, -0.05) is 23.6 Å². The lowest BCUT2D eigenvalue weighted by Crippen LogP contribution is -1.95. The van der Waals surface area contributed by atoms with Crippen molar-refractivity contribution < 1.29 is 14.8 Å². The standard InChI is InChI=1S/C13H13NO4S/c1-10(16)19-7-3-2-4-11-5-6-12(9-15)13(8-11)14(17)18/h5-6,8,15H,3,7,9H2,1H3. The van der Waals surface area contributed by atoms with Crippen molar-refractivity contribution in [3.63, 3.8) is 0 Å². The van der Waals surface area contributed by atoms with Gasteiger partial charge in [0.2, 0.25) is 0 Å². The molecule has 0 aliphatic rings. The van der Waals surface area contributed by atoms with Gasteiger partial charge in [0.05, 0.1) is 17.1 Å². The van der Waals surface area contributed by atoms with E-state index in [-0.39, 0.29) is 23.0 Å². The Labute approximate surface area is 115 Å². The van der Waals surface area contributed by atoms with Crippen LogP contribution in [0, 0.1) is 22.0 Å². The van der Waals surface area contributed by atoms with Crippen molar-refractivity contribution in [1.29, 1.82) is 0 Å². The van der Waals surface area contributed by atoms with Crippen molar-refractivity contribution in [3.8, 4) is 11.8 Å². The molecule has 0 fully saturated rings. The molecule has 0 saturated carbocycles. The number of hydrogen-bond acceptors (Lipinski definition) is 5. The van der Waals surface area contributed by atoms with Gasteiger partial charge >= 0.3 is 0 Å². The Morgan fingerprint density at radius 2 is 2.26 bits per heavy atom. The van der Waals surface area contributed by atoms with Crippen LogP contribution in [0.5, 0.6) is 0 Å². The van der Waals surface area contributed by atoms with Crippen LogP contribution in [0.3, 0.4) is 0 Å². The molecule has 19 heavy (non-hydrogen) atoms. The number of nitro benzene ring substituents is 1. The summed E-state index contributed by atoms with van der Waals surface area (Å²) in [7, 11) is 0. The fourth-order valence-electron chi connectivity index (χ4n) is 1.36. The van der Waals surface area contributed by atoms with Crippen LogP contribution in [0.15, 0.2) is 18.2 Å². The van der Waals surface area contributed by atoms with Crippen LogP contribution in [-0.2, 0) is 11.4 Å². The minimum atomic E-state index is -0.539. The predicted octanol–water partition coefficient (Wildman–Crippen LogP) is 2.11. The van der Waals surface area contributed by atoms with E-state index in [1.54, 1.807) is 6.07 Å². The van der Waals surface area contributed by atoms with Crippen molar-refractivity contribution in [1.82, 2.24) is 0 Å². The summed E-state index contributed by atoms with van der Waals surface area (Å²) in [5.41, 5.74) is 0.659. The van der Waals surface area contributed by atoms with Gasteiger partial charge in [-0.3, -0.25) is 14.9 Å². The topological polar surface area (TPSA) is 80.4 Å². The zero-order valence-electron chi connectivity index (χ0n) is 10.4. The highest BCUT2D eigenvalue weighted by atomic mass is 32.2. The molecule has 1 N–H and O–H groups in total. The van der Waals surface area contributed by atoms with Crippen LogP contribution in [0.4, 0.5) is 5.69 Å². The van der Waals surface area contributed by atoms with E-state index in [9.17, 15) is 14.9 Å². The average Bonchev–Trinajstić information content (AvgIpc) is 2.37. The zero-order valence-corrected chi connectivity index (χ0v) is 11.2. The van der Waals surface area contributed by atoms with E-state index in [1.807, 2.05) is 0 Å². The van der Waals surface area contributed by atoms with Gasteiger partial charge in [0, 0.05) is 30.7 Å². The third-order valence-corrected chi connectivity index (χ3v) is 3.03. The lowest BCUT2D eigenvalue weighted by molar-refractivity contribution is -0.385. The Morgan fingerprint density at radius 3 is 2.84 bits per heavy atom. The van der Waals surface area contributed by atoms with E-state index in [0.29, 0.717) is 17.7 Å². The SMILES string of the molecule is CC(=O)SCCC#Cc1ccc(CO)c([N+](=O)[O-])c1. The molecule has 0 amide bonds. The number of thioether (sulfide) groups is 1. The van der Waals surface area contributed by atoms with Crippen molar-refractivity contribution in [3.05, 3.63) is 39.4 Å². The molecular weight excluding hydrogens is 266 g/mol. The van der Waals surface area contributed by atoms with E-state index in [4.69, 9.17) is 5.11 Å². The van der Waals surface area contributed by atoms with Crippen molar-refractivity contribution >= 4 is 22.6 Å². The first-order valence-electron chi connectivity index (χ1n) is 5.55. The van der Waals surface area contributed by atoms with E-state index in [1.165, 1.54) is 30.8 Å². The molecule has 0 unspecified atom stereocenters. The summed E-state index contributed by atoms with van der Waals surface area (Å²) in [6.07, 6.45) is 0.541. The Balaban J connectivity index is 2.74. The van der Waals surface area contributed by atoms with Crippen LogP contribution in [-0.4, -0.2) is 20.9 Å². The summed E-state index contributed by atoms with van der Waals surface area (Å²) < 4.78 is 0. The van der Waals surface area contributed by atoms with Crippen molar-refractivity contribution in [2.75, 3.05) is 5.75 Å². The number of aliphatic hydroxyl groups excluding tert-OH is 1. The minimum absolute atomic E-state index is 0.0461. The maximum atomic E-state index is 10.8. The molecule has 0 atom stereocenters. The van der Waals surface area contributed by atoms with E-state index in [2.05, 4.69) is 11.8 Å². The molecule has 1 aromatic carbocycles. The number of carbonyl (C=O) groups excluding carboxylic acids is 1. The number of benzene rings is 1. The van der Waals surface area contributed by atoms with E-state index >= 15 is 0 Å². The number of aliphatic hydroxyl groups is 1. The molecule has 0 aromatic heterocycles. The minimum Gasteiger partial charge on any atom is -0.391 e. The molecule has 6 heteroatoms. The number of nitro groups is 1. The number of carbonyl (C=O) groups is 1. The highest BCUT2D eigenvalue weighted by Gasteiger charge is 2.12. The summed E-state index contributed by atoms with van der Waals surface area (Å²) in [4.78, 5) is 20.9. The second-order valence-corrected chi connectivity index (χ2v) is 4.92. The molecule has 0 bridgehead atoms. The van der Waals surface area contributed by atoms with Gasteiger partial charge in [-0.25, -0.2) is 0 Å².